The normalized spacial score (nSPS) is 16.4. The van der Waals surface area contributed by atoms with Crippen LogP contribution in [-0.4, -0.2) is 35.6 Å². The molecule has 0 saturated heterocycles. The van der Waals surface area contributed by atoms with Gasteiger partial charge in [0.1, 0.15) is 6.61 Å². The van der Waals surface area contributed by atoms with Crippen LogP contribution in [0.3, 0.4) is 0 Å². The van der Waals surface area contributed by atoms with E-state index in [0.29, 0.717) is 18.7 Å². The lowest BCUT2D eigenvalue weighted by atomic mass is 10.0. The van der Waals surface area contributed by atoms with Crippen molar-refractivity contribution in [2.24, 2.45) is 7.05 Å². The third kappa shape index (κ3) is 2.98. The summed E-state index contributed by atoms with van der Waals surface area (Å²) in [5, 5.41) is 9.65. The predicted octanol–water partition coefficient (Wildman–Crippen LogP) is 1.55. The van der Waals surface area contributed by atoms with Crippen molar-refractivity contribution in [1.82, 2.24) is 15.1 Å². The minimum atomic E-state index is -0.270. The van der Waals surface area contributed by atoms with Crippen LogP contribution < -0.4 is 20.1 Å². The van der Waals surface area contributed by atoms with E-state index >= 15 is 0 Å². The van der Waals surface area contributed by atoms with Gasteiger partial charge in [-0.15, -0.1) is 0 Å². The summed E-state index contributed by atoms with van der Waals surface area (Å²) in [6, 6.07) is 5.40. The van der Waals surface area contributed by atoms with E-state index < -0.39 is 0 Å². The molecule has 3 rings (SSSR count). The van der Waals surface area contributed by atoms with Gasteiger partial charge in [-0.05, 0) is 12.5 Å². The first-order chi connectivity index (χ1) is 10.7. The lowest BCUT2D eigenvalue weighted by Crippen LogP contribution is -2.44. The Morgan fingerprint density at radius 1 is 1.50 bits per heavy atom. The summed E-state index contributed by atoms with van der Waals surface area (Å²) in [5.41, 5.74) is 1.68. The molecule has 0 radical (unpaired) electrons. The van der Waals surface area contributed by atoms with Gasteiger partial charge in [0.25, 0.3) is 0 Å². The minimum Gasteiger partial charge on any atom is -0.493 e. The molecule has 0 fully saturated rings. The lowest BCUT2D eigenvalue weighted by Gasteiger charge is -2.27. The molecule has 2 heterocycles. The van der Waals surface area contributed by atoms with Crippen LogP contribution in [0.25, 0.3) is 0 Å². The number of aryl methyl sites for hydroxylation is 1. The predicted molar refractivity (Wildman–Crippen MR) is 81.3 cm³/mol. The van der Waals surface area contributed by atoms with Gasteiger partial charge in [-0.25, -0.2) is 4.79 Å². The lowest BCUT2D eigenvalue weighted by molar-refractivity contribution is 0.217. The molecule has 1 aliphatic heterocycles. The highest BCUT2D eigenvalue weighted by molar-refractivity contribution is 5.89. The van der Waals surface area contributed by atoms with Gasteiger partial charge >= 0.3 is 6.03 Å². The maximum atomic E-state index is 12.0. The second-order valence-electron chi connectivity index (χ2n) is 5.16. The first-order valence-corrected chi connectivity index (χ1v) is 7.00. The van der Waals surface area contributed by atoms with E-state index in [2.05, 4.69) is 15.7 Å². The van der Waals surface area contributed by atoms with Crippen LogP contribution in [0.2, 0.25) is 0 Å². The van der Waals surface area contributed by atoms with Gasteiger partial charge in [0.05, 0.1) is 25.0 Å². The number of urea groups is 1. The van der Waals surface area contributed by atoms with Gasteiger partial charge in [-0.2, -0.15) is 5.10 Å². The number of carbonyl (C=O) groups is 1. The molecule has 7 heteroatoms. The highest BCUT2D eigenvalue weighted by Crippen LogP contribution is 2.34. The van der Waals surface area contributed by atoms with Crippen LogP contribution >= 0.6 is 0 Å². The maximum absolute atomic E-state index is 12.0. The van der Waals surface area contributed by atoms with Gasteiger partial charge in [0, 0.05) is 18.8 Å². The summed E-state index contributed by atoms with van der Waals surface area (Å²) >= 11 is 0. The summed E-state index contributed by atoms with van der Waals surface area (Å²) in [5.74, 6) is 1.48. The average Bonchev–Trinajstić information content (AvgIpc) is 2.91. The molecule has 0 aliphatic carbocycles. The number of carbonyl (C=O) groups excluding carboxylic acids is 1. The number of rotatable bonds is 3. The number of anilines is 1. The molecule has 1 aromatic carbocycles. The third-order valence-corrected chi connectivity index (χ3v) is 3.47. The van der Waals surface area contributed by atoms with E-state index in [9.17, 15) is 4.79 Å². The van der Waals surface area contributed by atoms with Crippen LogP contribution in [0.1, 0.15) is 5.56 Å². The monoisotopic (exact) mass is 302 g/mol. The number of amides is 2. The first-order valence-electron chi connectivity index (χ1n) is 7.00. The fraction of sp³-hybridized carbons (Fsp3) is 0.333. The van der Waals surface area contributed by atoms with Crippen molar-refractivity contribution in [2.45, 2.75) is 12.5 Å². The molecule has 0 spiro atoms. The smallest absolute Gasteiger partial charge is 0.319 e. The molecule has 2 aromatic rings. The Bertz CT molecular complexity index is 683. The second-order valence-corrected chi connectivity index (χ2v) is 5.16. The van der Waals surface area contributed by atoms with E-state index in [1.807, 2.05) is 18.2 Å². The first kappa shape index (κ1) is 14.2. The standard InChI is InChI=1S/C15H18N4O3/c1-19-8-12(7-16-19)18-15(20)17-11-6-10-4-3-5-13(21-2)14(10)22-9-11/h3-5,7-8,11H,6,9H2,1-2H3,(H2,17,18,20). The van der Waals surface area contributed by atoms with Crippen LogP contribution in [0, 0.1) is 0 Å². The summed E-state index contributed by atoms with van der Waals surface area (Å²) < 4.78 is 12.6. The highest BCUT2D eigenvalue weighted by atomic mass is 16.5. The molecule has 22 heavy (non-hydrogen) atoms. The van der Waals surface area contributed by atoms with Gasteiger partial charge in [0.15, 0.2) is 11.5 Å². The molecular weight excluding hydrogens is 284 g/mol. The minimum absolute atomic E-state index is 0.0868. The molecule has 0 bridgehead atoms. The Balaban J connectivity index is 1.61. The van der Waals surface area contributed by atoms with Gasteiger partial charge in [0.2, 0.25) is 0 Å². The molecule has 2 amide bonds. The number of hydrogen-bond donors (Lipinski definition) is 2. The molecular formula is C15H18N4O3. The Morgan fingerprint density at radius 3 is 3.09 bits per heavy atom. The quantitative estimate of drug-likeness (QED) is 0.902. The van der Waals surface area contributed by atoms with Crippen molar-refractivity contribution in [3.8, 4) is 11.5 Å². The van der Waals surface area contributed by atoms with Gasteiger partial charge < -0.3 is 20.1 Å². The van der Waals surface area contributed by atoms with Crippen LogP contribution in [0.5, 0.6) is 11.5 Å². The number of hydrogen-bond acceptors (Lipinski definition) is 4. The summed E-state index contributed by atoms with van der Waals surface area (Å²) in [6.07, 6.45) is 4.03. The summed E-state index contributed by atoms with van der Waals surface area (Å²) in [6.45, 7) is 0.411. The zero-order chi connectivity index (χ0) is 15.5. The van der Waals surface area contributed by atoms with Crippen molar-refractivity contribution in [3.63, 3.8) is 0 Å². The Labute approximate surface area is 128 Å². The van der Waals surface area contributed by atoms with Crippen LogP contribution in [0.4, 0.5) is 10.5 Å². The molecule has 1 atom stereocenters. The van der Waals surface area contributed by atoms with Crippen LogP contribution in [-0.2, 0) is 13.5 Å². The second kappa shape index (κ2) is 5.97. The fourth-order valence-corrected chi connectivity index (χ4v) is 2.49. The summed E-state index contributed by atoms with van der Waals surface area (Å²) in [4.78, 5) is 12.0. The van der Waals surface area contributed by atoms with E-state index in [0.717, 1.165) is 17.1 Å². The number of ether oxygens (including phenoxy) is 2. The Kier molecular flexibility index (Phi) is 3.86. The molecule has 2 N–H and O–H groups in total. The molecule has 116 valence electrons. The average molecular weight is 302 g/mol. The number of para-hydroxylation sites is 1. The van der Waals surface area contributed by atoms with Crippen LogP contribution in [0.15, 0.2) is 30.6 Å². The molecule has 1 aromatic heterocycles. The zero-order valence-corrected chi connectivity index (χ0v) is 12.5. The van der Waals surface area contributed by atoms with Crippen molar-refractivity contribution < 1.29 is 14.3 Å². The van der Waals surface area contributed by atoms with E-state index in [-0.39, 0.29) is 12.1 Å². The number of fused-ring (bicyclic) bond motifs is 1. The molecule has 1 unspecified atom stereocenters. The third-order valence-electron chi connectivity index (χ3n) is 3.47. The Morgan fingerprint density at radius 2 is 2.36 bits per heavy atom. The largest absolute Gasteiger partial charge is 0.493 e. The van der Waals surface area contributed by atoms with Gasteiger partial charge in [-0.3, -0.25) is 4.68 Å². The number of nitrogens with one attached hydrogen (secondary N) is 2. The number of nitrogens with zero attached hydrogens (tertiary/aromatic N) is 2. The van der Waals surface area contributed by atoms with E-state index in [4.69, 9.17) is 9.47 Å². The van der Waals surface area contributed by atoms with Crippen molar-refractivity contribution in [3.05, 3.63) is 36.2 Å². The topological polar surface area (TPSA) is 77.4 Å². The van der Waals surface area contributed by atoms with E-state index in [1.54, 1.807) is 31.2 Å². The molecule has 7 nitrogen and oxygen atoms in total. The SMILES string of the molecule is COc1cccc2c1OCC(NC(=O)Nc1cnn(C)c1)C2. The van der Waals surface area contributed by atoms with E-state index in [1.165, 1.54) is 0 Å². The van der Waals surface area contributed by atoms with Crippen molar-refractivity contribution in [2.75, 3.05) is 19.0 Å². The molecule has 1 aliphatic rings. The molecule has 0 saturated carbocycles. The summed E-state index contributed by atoms with van der Waals surface area (Å²) in [7, 11) is 3.41. The fourth-order valence-electron chi connectivity index (χ4n) is 2.49. The zero-order valence-electron chi connectivity index (χ0n) is 12.5. The number of benzene rings is 1. The van der Waals surface area contributed by atoms with Crippen molar-refractivity contribution in [1.29, 1.82) is 0 Å². The van der Waals surface area contributed by atoms with Crippen molar-refractivity contribution >= 4 is 11.7 Å². The number of aromatic nitrogens is 2. The van der Waals surface area contributed by atoms with Gasteiger partial charge in [-0.1, -0.05) is 12.1 Å². The Hall–Kier alpha value is -2.70. The highest BCUT2D eigenvalue weighted by Gasteiger charge is 2.23. The number of methoxy groups -OCH3 is 1. The maximum Gasteiger partial charge on any atom is 0.319 e.